The van der Waals surface area contributed by atoms with E-state index < -0.39 is 5.97 Å². The summed E-state index contributed by atoms with van der Waals surface area (Å²) in [6.07, 6.45) is 6.03. The van der Waals surface area contributed by atoms with E-state index in [9.17, 15) is 4.79 Å². The summed E-state index contributed by atoms with van der Waals surface area (Å²) in [6, 6.07) is 0. The number of H-pyrrole nitrogens is 1. The van der Waals surface area contributed by atoms with Crippen LogP contribution in [0.25, 0.3) is 11.4 Å². The highest BCUT2D eigenvalue weighted by Gasteiger charge is 2.16. The molecule has 15 heavy (non-hydrogen) atoms. The summed E-state index contributed by atoms with van der Waals surface area (Å²) in [5.41, 5.74) is 1.41. The fraction of sp³-hybridized carbons (Fsp3) is 0.111. The highest BCUT2D eigenvalue weighted by Crippen LogP contribution is 2.17. The monoisotopic (exact) mass is 204 g/mol. The number of esters is 1. The zero-order valence-corrected chi connectivity index (χ0v) is 7.97. The van der Waals surface area contributed by atoms with Crippen molar-refractivity contribution in [1.29, 1.82) is 0 Å². The molecule has 6 heteroatoms. The molecule has 0 bridgehead atoms. The minimum Gasteiger partial charge on any atom is -0.465 e. The van der Waals surface area contributed by atoms with Gasteiger partial charge in [-0.3, -0.25) is 15.1 Å². The van der Waals surface area contributed by atoms with Gasteiger partial charge in [0.1, 0.15) is 11.3 Å². The van der Waals surface area contributed by atoms with E-state index in [4.69, 9.17) is 0 Å². The summed E-state index contributed by atoms with van der Waals surface area (Å²) in [4.78, 5) is 19.3. The van der Waals surface area contributed by atoms with Crippen LogP contribution in [0.1, 0.15) is 10.4 Å². The van der Waals surface area contributed by atoms with Gasteiger partial charge in [-0.2, -0.15) is 5.10 Å². The highest BCUT2D eigenvalue weighted by atomic mass is 16.5. The van der Waals surface area contributed by atoms with E-state index in [0.717, 1.165) is 0 Å². The Labute approximate surface area is 85.3 Å². The fourth-order valence-electron chi connectivity index (χ4n) is 1.17. The van der Waals surface area contributed by atoms with Gasteiger partial charge < -0.3 is 4.74 Å². The van der Waals surface area contributed by atoms with Gasteiger partial charge in [0.15, 0.2) is 0 Å². The molecule has 2 aromatic heterocycles. The summed E-state index contributed by atoms with van der Waals surface area (Å²) < 4.78 is 4.61. The van der Waals surface area contributed by atoms with E-state index in [1.165, 1.54) is 19.5 Å². The maximum absolute atomic E-state index is 11.3. The average Bonchev–Trinajstić information content (AvgIpc) is 2.78. The molecule has 0 spiro atoms. The number of hydrogen-bond acceptors (Lipinski definition) is 5. The lowest BCUT2D eigenvalue weighted by Gasteiger charge is -1.99. The van der Waals surface area contributed by atoms with Crippen molar-refractivity contribution in [2.45, 2.75) is 0 Å². The molecule has 2 rings (SSSR count). The van der Waals surface area contributed by atoms with Crippen LogP contribution in [0.3, 0.4) is 0 Å². The second kappa shape index (κ2) is 3.87. The predicted octanol–water partition coefficient (Wildman–Crippen LogP) is 0.653. The number of carbonyl (C=O) groups excluding carboxylic acids is 1. The molecule has 0 aromatic carbocycles. The molecule has 0 fully saturated rings. The minimum atomic E-state index is -0.454. The summed E-state index contributed by atoms with van der Waals surface area (Å²) in [7, 11) is 1.32. The zero-order chi connectivity index (χ0) is 10.7. The molecule has 0 amide bonds. The van der Waals surface area contributed by atoms with Crippen LogP contribution in [-0.2, 0) is 4.74 Å². The van der Waals surface area contributed by atoms with Gasteiger partial charge in [0.2, 0.25) is 0 Å². The van der Waals surface area contributed by atoms with Gasteiger partial charge >= 0.3 is 5.97 Å². The number of hydrogen-bond donors (Lipinski definition) is 1. The van der Waals surface area contributed by atoms with Gasteiger partial charge in [0.05, 0.1) is 25.2 Å². The van der Waals surface area contributed by atoms with Gasteiger partial charge in [-0.25, -0.2) is 4.79 Å². The Kier molecular flexibility index (Phi) is 2.40. The molecular weight excluding hydrogens is 196 g/mol. The first-order valence-corrected chi connectivity index (χ1v) is 4.21. The van der Waals surface area contributed by atoms with E-state index >= 15 is 0 Å². The molecule has 0 saturated heterocycles. The number of methoxy groups -OCH3 is 1. The molecule has 0 radical (unpaired) electrons. The van der Waals surface area contributed by atoms with Crippen LogP contribution in [-0.4, -0.2) is 33.2 Å². The third-order valence-corrected chi connectivity index (χ3v) is 1.86. The van der Waals surface area contributed by atoms with Crippen molar-refractivity contribution in [3.63, 3.8) is 0 Å². The smallest absolute Gasteiger partial charge is 0.341 e. The number of nitrogens with zero attached hydrogens (tertiary/aromatic N) is 3. The number of nitrogens with one attached hydrogen (secondary N) is 1. The van der Waals surface area contributed by atoms with Crippen molar-refractivity contribution < 1.29 is 9.53 Å². The Morgan fingerprint density at radius 3 is 2.93 bits per heavy atom. The first-order valence-electron chi connectivity index (χ1n) is 4.21. The third kappa shape index (κ3) is 1.69. The quantitative estimate of drug-likeness (QED) is 0.726. The van der Waals surface area contributed by atoms with Crippen LogP contribution >= 0.6 is 0 Å². The number of ether oxygens (including phenoxy) is 1. The Hall–Kier alpha value is -2.24. The Morgan fingerprint density at radius 1 is 1.40 bits per heavy atom. The second-order valence-electron chi connectivity index (χ2n) is 2.74. The van der Waals surface area contributed by atoms with Crippen LogP contribution in [0.4, 0.5) is 0 Å². The van der Waals surface area contributed by atoms with E-state index in [1.807, 2.05) is 0 Å². The normalized spacial score (nSPS) is 9.93. The van der Waals surface area contributed by atoms with E-state index in [0.29, 0.717) is 17.0 Å². The summed E-state index contributed by atoms with van der Waals surface area (Å²) >= 11 is 0. The van der Waals surface area contributed by atoms with Gasteiger partial charge in [-0.05, 0) is 0 Å². The molecule has 2 aromatic rings. The van der Waals surface area contributed by atoms with Crippen molar-refractivity contribution in [2.75, 3.05) is 7.11 Å². The number of aromatic amines is 1. The average molecular weight is 204 g/mol. The Morgan fingerprint density at radius 2 is 2.27 bits per heavy atom. The molecule has 0 atom stereocenters. The molecular formula is C9H8N4O2. The van der Waals surface area contributed by atoms with Crippen LogP contribution in [0, 0.1) is 0 Å². The third-order valence-electron chi connectivity index (χ3n) is 1.86. The number of aromatic nitrogens is 4. The predicted molar refractivity (Wildman–Crippen MR) is 51.0 cm³/mol. The maximum Gasteiger partial charge on any atom is 0.341 e. The molecule has 6 nitrogen and oxygen atoms in total. The van der Waals surface area contributed by atoms with E-state index in [-0.39, 0.29) is 0 Å². The highest BCUT2D eigenvalue weighted by molar-refractivity contribution is 5.95. The molecule has 0 aliphatic carbocycles. The molecule has 0 unspecified atom stereocenters. The van der Waals surface area contributed by atoms with Crippen LogP contribution in [0.2, 0.25) is 0 Å². The lowest BCUT2D eigenvalue weighted by Crippen LogP contribution is -2.02. The van der Waals surface area contributed by atoms with Crippen molar-refractivity contribution in [3.8, 4) is 11.4 Å². The SMILES string of the molecule is COC(=O)c1cn[nH]c1-c1cnccn1. The van der Waals surface area contributed by atoms with Crippen LogP contribution in [0.15, 0.2) is 24.8 Å². The standard InChI is InChI=1S/C9H8N4O2/c1-15-9(14)6-4-12-13-8(6)7-5-10-2-3-11-7/h2-5H,1H3,(H,12,13). The maximum atomic E-state index is 11.3. The molecule has 2 heterocycles. The summed E-state index contributed by atoms with van der Waals surface area (Å²) in [6.45, 7) is 0. The molecule has 0 aliphatic rings. The Balaban J connectivity index is 2.46. The van der Waals surface area contributed by atoms with Crippen molar-refractivity contribution in [3.05, 3.63) is 30.4 Å². The molecule has 76 valence electrons. The second-order valence-corrected chi connectivity index (χ2v) is 2.74. The van der Waals surface area contributed by atoms with Crippen LogP contribution in [0.5, 0.6) is 0 Å². The van der Waals surface area contributed by atoms with Crippen LogP contribution < -0.4 is 0 Å². The lowest BCUT2D eigenvalue weighted by molar-refractivity contribution is 0.0601. The van der Waals surface area contributed by atoms with Crippen molar-refractivity contribution in [1.82, 2.24) is 20.2 Å². The first-order chi connectivity index (χ1) is 7.33. The van der Waals surface area contributed by atoms with Crippen molar-refractivity contribution in [2.24, 2.45) is 0 Å². The van der Waals surface area contributed by atoms with E-state index in [1.54, 1.807) is 12.4 Å². The van der Waals surface area contributed by atoms with Crippen molar-refractivity contribution >= 4 is 5.97 Å². The summed E-state index contributed by atoms with van der Waals surface area (Å²) in [5, 5.41) is 6.46. The van der Waals surface area contributed by atoms with Gasteiger partial charge in [0, 0.05) is 12.4 Å². The largest absolute Gasteiger partial charge is 0.465 e. The number of rotatable bonds is 2. The minimum absolute atomic E-state index is 0.345. The lowest BCUT2D eigenvalue weighted by atomic mass is 10.2. The summed E-state index contributed by atoms with van der Waals surface area (Å²) in [5.74, 6) is -0.454. The first kappa shape index (κ1) is 9.32. The van der Waals surface area contributed by atoms with E-state index in [2.05, 4.69) is 24.9 Å². The van der Waals surface area contributed by atoms with Gasteiger partial charge in [0.25, 0.3) is 0 Å². The number of carbonyl (C=O) groups is 1. The van der Waals surface area contributed by atoms with Gasteiger partial charge in [-0.1, -0.05) is 0 Å². The topological polar surface area (TPSA) is 80.8 Å². The molecule has 0 aliphatic heterocycles. The van der Waals surface area contributed by atoms with Gasteiger partial charge in [-0.15, -0.1) is 0 Å². The Bertz CT molecular complexity index is 466. The molecule has 1 N–H and O–H groups in total. The zero-order valence-electron chi connectivity index (χ0n) is 7.97. The fourth-order valence-corrected chi connectivity index (χ4v) is 1.17. The molecule has 0 saturated carbocycles.